The van der Waals surface area contributed by atoms with Crippen LogP contribution in [0.1, 0.15) is 28.8 Å². The number of nitrogens with two attached hydrogens (primary N) is 1. The molecule has 1 fully saturated rings. The van der Waals surface area contributed by atoms with E-state index in [9.17, 15) is 4.79 Å². The van der Waals surface area contributed by atoms with E-state index in [2.05, 4.69) is 0 Å². The summed E-state index contributed by atoms with van der Waals surface area (Å²) in [5, 5.41) is 0. The molecule has 3 nitrogen and oxygen atoms in total. The fourth-order valence-corrected chi connectivity index (χ4v) is 2.20. The van der Waals surface area contributed by atoms with Gasteiger partial charge in [0.05, 0.1) is 0 Å². The summed E-state index contributed by atoms with van der Waals surface area (Å²) >= 11 is 0. The van der Waals surface area contributed by atoms with Gasteiger partial charge < -0.3 is 10.5 Å². The molecule has 0 amide bonds. The summed E-state index contributed by atoms with van der Waals surface area (Å²) < 4.78 is 5.27. The SMILES string of the molecule is NCCc1ccc(C(=O)C2CCOCC2)cc1. The minimum absolute atomic E-state index is 0.143. The summed E-state index contributed by atoms with van der Waals surface area (Å²) in [5.74, 6) is 0.400. The highest BCUT2D eigenvalue weighted by Crippen LogP contribution is 2.20. The third-order valence-electron chi connectivity index (χ3n) is 3.26. The molecule has 0 aromatic heterocycles. The van der Waals surface area contributed by atoms with Gasteiger partial charge in [-0.3, -0.25) is 4.79 Å². The van der Waals surface area contributed by atoms with Crippen molar-refractivity contribution in [3.63, 3.8) is 0 Å². The van der Waals surface area contributed by atoms with Gasteiger partial charge in [0.2, 0.25) is 0 Å². The number of hydrogen-bond acceptors (Lipinski definition) is 3. The molecule has 1 heterocycles. The van der Waals surface area contributed by atoms with E-state index in [4.69, 9.17) is 10.5 Å². The molecule has 0 saturated carbocycles. The van der Waals surface area contributed by atoms with E-state index >= 15 is 0 Å². The van der Waals surface area contributed by atoms with Crippen LogP contribution < -0.4 is 5.73 Å². The standard InChI is InChI=1S/C14H19NO2/c15-8-5-11-1-3-12(4-2-11)14(16)13-6-9-17-10-7-13/h1-4,13H,5-10,15H2. The van der Waals surface area contributed by atoms with Gasteiger partial charge in [-0.2, -0.15) is 0 Å². The van der Waals surface area contributed by atoms with E-state index in [1.54, 1.807) is 0 Å². The van der Waals surface area contributed by atoms with Crippen LogP contribution in [0.25, 0.3) is 0 Å². The molecule has 1 aromatic rings. The molecule has 2 N–H and O–H groups in total. The first kappa shape index (κ1) is 12.3. The summed E-state index contributed by atoms with van der Waals surface area (Å²) in [5.41, 5.74) is 7.50. The van der Waals surface area contributed by atoms with Crippen molar-refractivity contribution in [3.05, 3.63) is 35.4 Å². The Morgan fingerprint density at radius 2 is 1.88 bits per heavy atom. The Balaban J connectivity index is 2.03. The first-order chi connectivity index (χ1) is 8.31. The summed E-state index contributed by atoms with van der Waals surface area (Å²) in [6.45, 7) is 2.07. The second-order valence-corrected chi connectivity index (χ2v) is 4.49. The quantitative estimate of drug-likeness (QED) is 0.807. The van der Waals surface area contributed by atoms with Crippen molar-refractivity contribution in [2.45, 2.75) is 19.3 Å². The molecule has 0 unspecified atom stereocenters. The predicted molar refractivity (Wildman–Crippen MR) is 67.1 cm³/mol. The number of hydrogen-bond donors (Lipinski definition) is 1. The van der Waals surface area contributed by atoms with Crippen LogP contribution in [0, 0.1) is 5.92 Å². The third kappa shape index (κ3) is 3.14. The summed E-state index contributed by atoms with van der Waals surface area (Å²) in [7, 11) is 0. The van der Waals surface area contributed by atoms with Gasteiger partial charge in [-0.1, -0.05) is 24.3 Å². The minimum atomic E-state index is 0.143. The number of carbonyl (C=O) groups is 1. The van der Waals surface area contributed by atoms with Crippen LogP contribution in [0.2, 0.25) is 0 Å². The van der Waals surface area contributed by atoms with E-state index in [-0.39, 0.29) is 11.7 Å². The lowest BCUT2D eigenvalue weighted by Crippen LogP contribution is -2.23. The number of benzene rings is 1. The Labute approximate surface area is 102 Å². The molecule has 0 radical (unpaired) electrons. The van der Waals surface area contributed by atoms with Crippen LogP contribution in [0.4, 0.5) is 0 Å². The topological polar surface area (TPSA) is 52.3 Å². The molecule has 1 aromatic carbocycles. The molecule has 0 spiro atoms. The van der Waals surface area contributed by atoms with Crippen LogP contribution in [0.15, 0.2) is 24.3 Å². The third-order valence-corrected chi connectivity index (χ3v) is 3.26. The number of rotatable bonds is 4. The number of carbonyl (C=O) groups excluding carboxylic acids is 1. The zero-order valence-electron chi connectivity index (χ0n) is 10.0. The van der Waals surface area contributed by atoms with Crippen molar-refractivity contribution >= 4 is 5.78 Å². The molecule has 0 bridgehead atoms. The van der Waals surface area contributed by atoms with Crippen LogP contribution in [-0.4, -0.2) is 25.5 Å². The first-order valence-electron chi connectivity index (χ1n) is 6.22. The molecule has 2 rings (SSSR count). The normalized spacial score (nSPS) is 17.0. The van der Waals surface area contributed by atoms with Crippen molar-refractivity contribution < 1.29 is 9.53 Å². The molecule has 17 heavy (non-hydrogen) atoms. The molecule has 1 aliphatic heterocycles. The van der Waals surface area contributed by atoms with E-state index in [1.807, 2.05) is 24.3 Å². The van der Waals surface area contributed by atoms with Gasteiger partial charge in [0.15, 0.2) is 5.78 Å². The predicted octanol–water partition coefficient (Wildman–Crippen LogP) is 1.80. The smallest absolute Gasteiger partial charge is 0.166 e. The van der Waals surface area contributed by atoms with Gasteiger partial charge in [-0.05, 0) is 31.4 Å². The molecule has 0 aliphatic carbocycles. The molecular formula is C14H19NO2. The average Bonchev–Trinajstić information content (AvgIpc) is 2.40. The molecule has 1 aliphatic rings. The van der Waals surface area contributed by atoms with Gasteiger partial charge in [0, 0.05) is 24.7 Å². The van der Waals surface area contributed by atoms with Gasteiger partial charge in [0.1, 0.15) is 0 Å². The second-order valence-electron chi connectivity index (χ2n) is 4.49. The molecular weight excluding hydrogens is 214 g/mol. The van der Waals surface area contributed by atoms with Crippen molar-refractivity contribution in [1.29, 1.82) is 0 Å². The van der Waals surface area contributed by atoms with Gasteiger partial charge in [-0.15, -0.1) is 0 Å². The largest absolute Gasteiger partial charge is 0.381 e. The lowest BCUT2D eigenvalue weighted by molar-refractivity contribution is 0.0545. The number of Topliss-reactive ketones (excluding diaryl/α,β-unsaturated/α-hetero) is 1. The number of ketones is 1. The second kappa shape index (κ2) is 5.94. The van der Waals surface area contributed by atoms with E-state index < -0.39 is 0 Å². The van der Waals surface area contributed by atoms with Crippen molar-refractivity contribution in [2.24, 2.45) is 11.7 Å². The van der Waals surface area contributed by atoms with Gasteiger partial charge in [-0.25, -0.2) is 0 Å². The molecule has 3 heteroatoms. The highest BCUT2D eigenvalue weighted by Gasteiger charge is 2.22. The lowest BCUT2D eigenvalue weighted by Gasteiger charge is -2.20. The fourth-order valence-electron chi connectivity index (χ4n) is 2.20. The Hall–Kier alpha value is -1.19. The summed E-state index contributed by atoms with van der Waals surface area (Å²) in [6.07, 6.45) is 2.57. The van der Waals surface area contributed by atoms with Crippen molar-refractivity contribution in [1.82, 2.24) is 0 Å². The van der Waals surface area contributed by atoms with Crippen molar-refractivity contribution in [3.8, 4) is 0 Å². The van der Waals surface area contributed by atoms with Gasteiger partial charge in [0.25, 0.3) is 0 Å². The fraction of sp³-hybridized carbons (Fsp3) is 0.500. The number of ether oxygens (including phenoxy) is 1. The van der Waals surface area contributed by atoms with Crippen LogP contribution in [0.5, 0.6) is 0 Å². The maximum atomic E-state index is 12.2. The maximum Gasteiger partial charge on any atom is 0.166 e. The Morgan fingerprint density at radius 1 is 1.24 bits per heavy atom. The molecule has 92 valence electrons. The van der Waals surface area contributed by atoms with E-state index in [1.165, 1.54) is 5.56 Å². The summed E-state index contributed by atoms with van der Waals surface area (Å²) in [4.78, 5) is 12.2. The Morgan fingerprint density at radius 3 is 2.47 bits per heavy atom. The Kier molecular flexibility index (Phi) is 4.29. The Bertz CT molecular complexity index is 366. The lowest BCUT2D eigenvalue weighted by atomic mass is 9.90. The van der Waals surface area contributed by atoms with E-state index in [0.29, 0.717) is 19.8 Å². The van der Waals surface area contributed by atoms with Crippen LogP contribution in [0.3, 0.4) is 0 Å². The zero-order valence-corrected chi connectivity index (χ0v) is 10.0. The monoisotopic (exact) mass is 233 g/mol. The molecule has 1 saturated heterocycles. The maximum absolute atomic E-state index is 12.2. The first-order valence-corrected chi connectivity index (χ1v) is 6.22. The van der Waals surface area contributed by atoms with Crippen molar-refractivity contribution in [2.75, 3.05) is 19.8 Å². The van der Waals surface area contributed by atoms with Crippen LogP contribution in [-0.2, 0) is 11.2 Å². The highest BCUT2D eigenvalue weighted by molar-refractivity contribution is 5.97. The average molecular weight is 233 g/mol. The zero-order chi connectivity index (χ0) is 12.1. The van der Waals surface area contributed by atoms with E-state index in [0.717, 1.165) is 24.8 Å². The summed E-state index contributed by atoms with van der Waals surface area (Å²) in [6, 6.07) is 7.84. The minimum Gasteiger partial charge on any atom is -0.381 e. The molecule has 0 atom stereocenters. The van der Waals surface area contributed by atoms with Crippen LogP contribution >= 0.6 is 0 Å². The highest BCUT2D eigenvalue weighted by atomic mass is 16.5. The van der Waals surface area contributed by atoms with Gasteiger partial charge >= 0.3 is 0 Å².